The average molecular weight is 163 g/mol. The first-order valence-electron chi connectivity index (χ1n) is 3.37. The minimum atomic E-state index is -0.262. The van der Waals surface area contributed by atoms with E-state index in [0.29, 0.717) is 11.5 Å². The molecule has 1 aromatic heterocycles. The number of nitrogens with zero attached hydrogens (tertiary/aromatic N) is 1. The van der Waals surface area contributed by atoms with E-state index in [4.69, 9.17) is 5.73 Å². The van der Waals surface area contributed by atoms with Gasteiger partial charge in [-0.05, 0) is 18.2 Å². The molecule has 4 heteroatoms. The molecule has 0 atom stereocenters. The second-order valence-corrected chi connectivity index (χ2v) is 2.17. The largest absolute Gasteiger partial charge is 0.384 e. The summed E-state index contributed by atoms with van der Waals surface area (Å²) in [6.07, 6.45) is 2.67. The third-order valence-electron chi connectivity index (χ3n) is 1.24. The Morgan fingerprint density at radius 2 is 2.42 bits per heavy atom. The summed E-state index contributed by atoms with van der Waals surface area (Å²) < 4.78 is 0. The van der Waals surface area contributed by atoms with Crippen molar-refractivity contribution in [2.45, 2.75) is 0 Å². The van der Waals surface area contributed by atoms with Crippen LogP contribution in [0, 0.1) is 0 Å². The van der Waals surface area contributed by atoms with Crippen LogP contribution in [-0.2, 0) is 4.79 Å². The molecule has 1 amide bonds. The summed E-state index contributed by atoms with van der Waals surface area (Å²) in [7, 11) is 0. The van der Waals surface area contributed by atoms with Crippen LogP contribution < -0.4 is 11.1 Å². The SMILES string of the molecule is C=CC(=O)Nc1ccc(N)nc1. The summed E-state index contributed by atoms with van der Waals surface area (Å²) in [5, 5.41) is 2.54. The second-order valence-electron chi connectivity index (χ2n) is 2.17. The van der Waals surface area contributed by atoms with Gasteiger partial charge in [0.1, 0.15) is 5.82 Å². The first-order chi connectivity index (χ1) is 5.72. The average Bonchev–Trinajstić information content (AvgIpc) is 2.09. The number of nitrogens with two attached hydrogens (primary N) is 1. The molecule has 0 aliphatic carbocycles. The Morgan fingerprint density at radius 3 is 2.92 bits per heavy atom. The van der Waals surface area contributed by atoms with E-state index >= 15 is 0 Å². The van der Waals surface area contributed by atoms with Crippen molar-refractivity contribution in [1.29, 1.82) is 0 Å². The summed E-state index contributed by atoms with van der Waals surface area (Å²) in [6.45, 7) is 3.32. The molecule has 0 aromatic carbocycles. The molecule has 4 nitrogen and oxygen atoms in total. The van der Waals surface area contributed by atoms with Crippen LogP contribution in [0.5, 0.6) is 0 Å². The maximum absolute atomic E-state index is 10.8. The zero-order valence-electron chi connectivity index (χ0n) is 6.45. The molecule has 0 aliphatic heterocycles. The van der Waals surface area contributed by atoms with Crippen LogP contribution >= 0.6 is 0 Å². The standard InChI is InChI=1S/C8H9N3O/c1-2-8(12)11-6-3-4-7(9)10-5-6/h2-5H,1H2,(H2,9,10)(H,11,12). The predicted octanol–water partition coefficient (Wildman–Crippen LogP) is 0.788. The van der Waals surface area contributed by atoms with Crippen LogP contribution in [0.1, 0.15) is 0 Å². The van der Waals surface area contributed by atoms with Crippen LogP contribution in [0.15, 0.2) is 31.0 Å². The van der Waals surface area contributed by atoms with E-state index in [1.165, 1.54) is 12.3 Å². The Morgan fingerprint density at radius 1 is 1.67 bits per heavy atom. The Kier molecular flexibility index (Phi) is 2.42. The fraction of sp³-hybridized carbons (Fsp3) is 0. The van der Waals surface area contributed by atoms with Crippen molar-refractivity contribution in [3.05, 3.63) is 31.0 Å². The highest BCUT2D eigenvalue weighted by molar-refractivity contribution is 5.98. The maximum atomic E-state index is 10.8. The Hall–Kier alpha value is -1.84. The summed E-state index contributed by atoms with van der Waals surface area (Å²) in [6, 6.07) is 3.28. The monoisotopic (exact) mass is 163 g/mol. The van der Waals surface area contributed by atoms with Gasteiger partial charge in [0, 0.05) is 0 Å². The molecule has 0 spiro atoms. The molecule has 0 saturated carbocycles. The second kappa shape index (κ2) is 3.52. The van der Waals surface area contributed by atoms with E-state index in [0.717, 1.165) is 0 Å². The van der Waals surface area contributed by atoms with Gasteiger partial charge >= 0.3 is 0 Å². The number of carbonyl (C=O) groups excluding carboxylic acids is 1. The van der Waals surface area contributed by atoms with E-state index < -0.39 is 0 Å². The van der Waals surface area contributed by atoms with Crippen LogP contribution in [0.2, 0.25) is 0 Å². The van der Waals surface area contributed by atoms with Crippen molar-refractivity contribution in [3.8, 4) is 0 Å². The number of carbonyl (C=O) groups is 1. The van der Waals surface area contributed by atoms with Gasteiger partial charge in [-0.15, -0.1) is 0 Å². The van der Waals surface area contributed by atoms with Crippen molar-refractivity contribution in [2.24, 2.45) is 0 Å². The third kappa shape index (κ3) is 2.09. The Labute approximate surface area is 70.1 Å². The number of pyridine rings is 1. The molecule has 0 radical (unpaired) electrons. The van der Waals surface area contributed by atoms with Crippen molar-refractivity contribution in [2.75, 3.05) is 11.1 Å². The number of amides is 1. The van der Waals surface area contributed by atoms with Gasteiger partial charge in [0.15, 0.2) is 0 Å². The predicted molar refractivity (Wildman–Crippen MR) is 47.5 cm³/mol. The molecule has 1 rings (SSSR count). The van der Waals surface area contributed by atoms with Crippen molar-refractivity contribution < 1.29 is 4.79 Å². The lowest BCUT2D eigenvalue weighted by atomic mass is 10.4. The normalized spacial score (nSPS) is 9.00. The highest BCUT2D eigenvalue weighted by Crippen LogP contribution is 2.06. The number of nitrogens with one attached hydrogen (secondary N) is 1. The Bertz CT molecular complexity index is 292. The molecule has 62 valence electrons. The summed E-state index contributed by atoms with van der Waals surface area (Å²) in [5.41, 5.74) is 5.95. The lowest BCUT2D eigenvalue weighted by Gasteiger charge is -2.00. The molecule has 0 fully saturated rings. The first-order valence-corrected chi connectivity index (χ1v) is 3.37. The zero-order chi connectivity index (χ0) is 8.97. The lowest BCUT2D eigenvalue weighted by molar-refractivity contribution is -0.111. The molecule has 3 N–H and O–H groups in total. The number of rotatable bonds is 2. The number of aromatic nitrogens is 1. The minimum absolute atomic E-state index is 0.262. The van der Waals surface area contributed by atoms with E-state index in [9.17, 15) is 4.79 Å². The minimum Gasteiger partial charge on any atom is -0.384 e. The molecule has 0 aliphatic rings. The van der Waals surface area contributed by atoms with Crippen molar-refractivity contribution in [3.63, 3.8) is 0 Å². The smallest absolute Gasteiger partial charge is 0.247 e. The molecular formula is C8H9N3O. The summed E-state index contributed by atoms with van der Waals surface area (Å²) in [4.78, 5) is 14.6. The van der Waals surface area contributed by atoms with Crippen LogP contribution in [-0.4, -0.2) is 10.9 Å². The van der Waals surface area contributed by atoms with E-state index in [1.54, 1.807) is 12.1 Å². The van der Waals surface area contributed by atoms with E-state index in [2.05, 4.69) is 16.9 Å². The van der Waals surface area contributed by atoms with Gasteiger partial charge in [0.2, 0.25) is 5.91 Å². The molecule has 0 unspecified atom stereocenters. The zero-order valence-corrected chi connectivity index (χ0v) is 6.45. The number of nitrogen functional groups attached to an aromatic ring is 1. The van der Waals surface area contributed by atoms with Crippen LogP contribution in [0.3, 0.4) is 0 Å². The summed E-state index contributed by atoms with van der Waals surface area (Å²) in [5.74, 6) is 0.160. The molecule has 1 aromatic rings. The lowest BCUT2D eigenvalue weighted by Crippen LogP contribution is -2.07. The molecular weight excluding hydrogens is 154 g/mol. The fourth-order valence-electron chi connectivity index (χ4n) is 0.673. The fourth-order valence-corrected chi connectivity index (χ4v) is 0.673. The van der Waals surface area contributed by atoms with Gasteiger partial charge in [-0.3, -0.25) is 4.79 Å². The van der Waals surface area contributed by atoms with Gasteiger partial charge in [-0.1, -0.05) is 6.58 Å². The molecule has 0 saturated heterocycles. The number of anilines is 2. The molecule has 0 bridgehead atoms. The highest BCUT2D eigenvalue weighted by Gasteiger charge is 1.95. The maximum Gasteiger partial charge on any atom is 0.247 e. The van der Waals surface area contributed by atoms with Crippen LogP contribution in [0.25, 0.3) is 0 Å². The summed E-state index contributed by atoms with van der Waals surface area (Å²) >= 11 is 0. The highest BCUT2D eigenvalue weighted by atomic mass is 16.1. The van der Waals surface area contributed by atoms with E-state index in [1.807, 2.05) is 0 Å². The number of hydrogen-bond donors (Lipinski definition) is 2. The van der Waals surface area contributed by atoms with Gasteiger partial charge < -0.3 is 11.1 Å². The van der Waals surface area contributed by atoms with Gasteiger partial charge in [-0.25, -0.2) is 4.98 Å². The quantitative estimate of drug-likeness (QED) is 0.633. The molecule has 12 heavy (non-hydrogen) atoms. The van der Waals surface area contributed by atoms with Crippen LogP contribution in [0.4, 0.5) is 11.5 Å². The third-order valence-corrected chi connectivity index (χ3v) is 1.24. The number of hydrogen-bond acceptors (Lipinski definition) is 3. The van der Waals surface area contributed by atoms with Gasteiger partial charge in [0.05, 0.1) is 11.9 Å². The molecule has 1 heterocycles. The van der Waals surface area contributed by atoms with Gasteiger partial charge in [-0.2, -0.15) is 0 Å². The van der Waals surface area contributed by atoms with Gasteiger partial charge in [0.25, 0.3) is 0 Å². The van der Waals surface area contributed by atoms with Crippen molar-refractivity contribution >= 4 is 17.4 Å². The Balaban J connectivity index is 2.71. The first kappa shape index (κ1) is 8.26. The van der Waals surface area contributed by atoms with E-state index in [-0.39, 0.29) is 5.91 Å². The topological polar surface area (TPSA) is 68.0 Å². The van der Waals surface area contributed by atoms with Crippen molar-refractivity contribution in [1.82, 2.24) is 4.98 Å².